The number of amides is 1. The monoisotopic (exact) mass is 470 g/mol. The molecule has 0 saturated carbocycles. The third-order valence-corrected chi connectivity index (χ3v) is 6.22. The number of rotatable bonds is 7. The highest BCUT2D eigenvalue weighted by Crippen LogP contribution is 2.33. The summed E-state index contributed by atoms with van der Waals surface area (Å²) >= 11 is 0. The first-order valence-corrected chi connectivity index (χ1v) is 11.3. The van der Waals surface area contributed by atoms with Gasteiger partial charge in [0.15, 0.2) is 17.4 Å². The summed E-state index contributed by atoms with van der Waals surface area (Å²) in [6.07, 6.45) is 1.62. The second kappa shape index (κ2) is 9.15. The third kappa shape index (κ3) is 4.56. The molecule has 35 heavy (non-hydrogen) atoms. The Balaban J connectivity index is 1.29. The normalized spacial score (nSPS) is 13.8. The molecule has 8 nitrogen and oxygen atoms in total. The minimum absolute atomic E-state index is 0.00923. The Bertz CT molecular complexity index is 1440. The molecule has 178 valence electrons. The molecule has 0 aliphatic carbocycles. The SMILES string of the molecule is CC(=Nc1ccc(C(N)CCc2ccc3c(c2)OCO3)cc1)c1c(O)[nH]c2cc(C(N)=O)ccc12. The van der Waals surface area contributed by atoms with Crippen molar-refractivity contribution in [2.45, 2.75) is 25.8 Å². The number of carbonyl (C=O) groups is 1. The van der Waals surface area contributed by atoms with Gasteiger partial charge < -0.3 is 31.0 Å². The number of primary amides is 1. The van der Waals surface area contributed by atoms with Crippen molar-refractivity contribution in [1.29, 1.82) is 0 Å². The van der Waals surface area contributed by atoms with Crippen molar-refractivity contribution in [3.8, 4) is 17.4 Å². The van der Waals surface area contributed by atoms with Crippen LogP contribution in [0.3, 0.4) is 0 Å². The number of ether oxygens (including phenoxy) is 2. The van der Waals surface area contributed by atoms with E-state index < -0.39 is 5.91 Å². The zero-order valence-corrected chi connectivity index (χ0v) is 19.2. The van der Waals surface area contributed by atoms with Crippen molar-refractivity contribution in [3.63, 3.8) is 0 Å². The van der Waals surface area contributed by atoms with E-state index in [1.54, 1.807) is 18.2 Å². The number of aromatic hydroxyl groups is 1. The van der Waals surface area contributed by atoms with Crippen LogP contribution in [0.5, 0.6) is 17.4 Å². The first-order valence-electron chi connectivity index (χ1n) is 11.3. The Morgan fingerprint density at radius 3 is 2.63 bits per heavy atom. The van der Waals surface area contributed by atoms with Gasteiger partial charge in [-0.25, -0.2) is 0 Å². The fourth-order valence-electron chi connectivity index (χ4n) is 4.33. The maximum absolute atomic E-state index is 11.4. The second-order valence-electron chi connectivity index (χ2n) is 8.59. The lowest BCUT2D eigenvalue weighted by atomic mass is 9.99. The molecule has 1 aliphatic rings. The highest BCUT2D eigenvalue weighted by Gasteiger charge is 2.16. The van der Waals surface area contributed by atoms with E-state index in [2.05, 4.69) is 9.98 Å². The molecule has 0 saturated heterocycles. The lowest BCUT2D eigenvalue weighted by molar-refractivity contribution is 0.100. The van der Waals surface area contributed by atoms with Gasteiger partial charge in [0, 0.05) is 22.5 Å². The van der Waals surface area contributed by atoms with Gasteiger partial charge in [-0.2, -0.15) is 0 Å². The second-order valence-corrected chi connectivity index (χ2v) is 8.59. The number of aromatic nitrogens is 1. The van der Waals surface area contributed by atoms with Crippen molar-refractivity contribution in [2.75, 3.05) is 6.79 Å². The van der Waals surface area contributed by atoms with Crippen molar-refractivity contribution < 1.29 is 19.4 Å². The molecule has 8 heteroatoms. The minimum Gasteiger partial charge on any atom is -0.494 e. The number of benzene rings is 3. The number of nitrogens with zero attached hydrogens (tertiary/aromatic N) is 1. The van der Waals surface area contributed by atoms with Gasteiger partial charge in [0.25, 0.3) is 0 Å². The molecule has 1 unspecified atom stereocenters. The molecule has 4 aromatic rings. The minimum atomic E-state index is -0.526. The third-order valence-electron chi connectivity index (χ3n) is 6.22. The highest BCUT2D eigenvalue weighted by atomic mass is 16.7. The standard InChI is InChI=1S/C27H26N4O4/c1-15(25-20-9-6-18(26(29)32)13-22(20)31-27(25)33)30-19-7-4-17(5-8-19)21(28)10-2-16-3-11-23-24(12-16)35-14-34-23/h3-9,11-13,21,31,33H,2,10,14,28H2,1H3,(H2,29,32). The van der Waals surface area contributed by atoms with Crippen LogP contribution in [0.25, 0.3) is 10.9 Å². The number of nitrogens with two attached hydrogens (primary N) is 2. The number of aliphatic imine (C=N–C) groups is 1. The first-order chi connectivity index (χ1) is 16.9. The predicted octanol–water partition coefficient (Wildman–Crippen LogP) is 4.47. The quantitative estimate of drug-likeness (QED) is 0.295. The Labute approximate surface area is 202 Å². The summed E-state index contributed by atoms with van der Waals surface area (Å²) in [5, 5.41) is 11.2. The average molecular weight is 471 g/mol. The molecule has 1 atom stereocenters. The Morgan fingerprint density at radius 1 is 1.09 bits per heavy atom. The zero-order chi connectivity index (χ0) is 24.5. The van der Waals surface area contributed by atoms with Crippen LogP contribution in [0.15, 0.2) is 65.7 Å². The Morgan fingerprint density at radius 2 is 1.86 bits per heavy atom. The number of nitrogens with one attached hydrogen (secondary N) is 1. The van der Waals surface area contributed by atoms with Crippen LogP contribution in [0.2, 0.25) is 0 Å². The molecule has 5 rings (SSSR count). The van der Waals surface area contributed by atoms with Gasteiger partial charge in [0.05, 0.1) is 17.0 Å². The van der Waals surface area contributed by atoms with Crippen LogP contribution in [0.4, 0.5) is 5.69 Å². The molecule has 0 spiro atoms. The summed E-state index contributed by atoms with van der Waals surface area (Å²) < 4.78 is 10.8. The number of fused-ring (bicyclic) bond motifs is 2. The lowest BCUT2D eigenvalue weighted by Gasteiger charge is -2.12. The maximum Gasteiger partial charge on any atom is 0.248 e. The zero-order valence-electron chi connectivity index (χ0n) is 19.2. The Kier molecular flexibility index (Phi) is 5.88. The molecule has 3 aromatic carbocycles. The molecule has 0 radical (unpaired) electrons. The largest absolute Gasteiger partial charge is 0.494 e. The van der Waals surface area contributed by atoms with Gasteiger partial charge in [0.1, 0.15) is 0 Å². The molecule has 6 N–H and O–H groups in total. The van der Waals surface area contributed by atoms with Crippen LogP contribution in [0.1, 0.15) is 46.4 Å². The summed E-state index contributed by atoms with van der Waals surface area (Å²) in [5.74, 6) is 1.02. The van der Waals surface area contributed by atoms with Crippen molar-refractivity contribution in [3.05, 3.63) is 82.9 Å². The predicted molar refractivity (Wildman–Crippen MR) is 135 cm³/mol. The van der Waals surface area contributed by atoms with E-state index in [0.717, 1.165) is 46.5 Å². The van der Waals surface area contributed by atoms with E-state index in [9.17, 15) is 9.90 Å². The summed E-state index contributed by atoms with van der Waals surface area (Å²) in [7, 11) is 0. The lowest BCUT2D eigenvalue weighted by Crippen LogP contribution is -2.11. The van der Waals surface area contributed by atoms with Crippen LogP contribution >= 0.6 is 0 Å². The van der Waals surface area contributed by atoms with E-state index in [1.165, 1.54) is 0 Å². The van der Waals surface area contributed by atoms with Gasteiger partial charge in [-0.05, 0) is 67.3 Å². The molecule has 0 fully saturated rings. The van der Waals surface area contributed by atoms with Gasteiger partial charge in [-0.1, -0.05) is 24.3 Å². The highest BCUT2D eigenvalue weighted by molar-refractivity contribution is 6.13. The summed E-state index contributed by atoms with van der Waals surface area (Å²) in [6.45, 7) is 2.10. The van der Waals surface area contributed by atoms with Crippen LogP contribution in [-0.4, -0.2) is 28.5 Å². The topological polar surface area (TPSA) is 136 Å². The van der Waals surface area contributed by atoms with Gasteiger partial charge >= 0.3 is 0 Å². The van der Waals surface area contributed by atoms with E-state index in [0.29, 0.717) is 22.4 Å². The molecular weight excluding hydrogens is 444 g/mol. The summed E-state index contributed by atoms with van der Waals surface area (Å²) in [6, 6.07) is 18.6. The number of hydrogen-bond donors (Lipinski definition) is 4. The fourth-order valence-corrected chi connectivity index (χ4v) is 4.33. The Hall–Kier alpha value is -4.30. The van der Waals surface area contributed by atoms with E-state index in [-0.39, 0.29) is 18.7 Å². The molecule has 2 heterocycles. The fraction of sp³-hybridized carbons (Fsp3) is 0.185. The van der Waals surface area contributed by atoms with Crippen molar-refractivity contribution >= 4 is 28.2 Å². The average Bonchev–Trinajstić information content (AvgIpc) is 3.45. The number of hydrogen-bond acceptors (Lipinski definition) is 6. The number of aryl methyl sites for hydroxylation is 1. The number of carbonyl (C=O) groups excluding carboxylic acids is 1. The van der Waals surface area contributed by atoms with Crippen molar-refractivity contribution in [2.24, 2.45) is 16.5 Å². The molecule has 1 aliphatic heterocycles. The van der Waals surface area contributed by atoms with Crippen molar-refractivity contribution in [1.82, 2.24) is 4.98 Å². The summed E-state index contributed by atoms with van der Waals surface area (Å²) in [4.78, 5) is 19.0. The maximum atomic E-state index is 11.4. The van der Waals surface area contributed by atoms with E-state index in [1.807, 2.05) is 49.4 Å². The van der Waals surface area contributed by atoms with E-state index in [4.69, 9.17) is 20.9 Å². The van der Waals surface area contributed by atoms with Crippen LogP contribution in [0, 0.1) is 0 Å². The number of H-pyrrole nitrogens is 1. The van der Waals surface area contributed by atoms with Crippen LogP contribution < -0.4 is 20.9 Å². The molecule has 1 amide bonds. The van der Waals surface area contributed by atoms with E-state index >= 15 is 0 Å². The van der Waals surface area contributed by atoms with Gasteiger partial charge in [-0.3, -0.25) is 9.79 Å². The van der Waals surface area contributed by atoms with Crippen LogP contribution in [-0.2, 0) is 6.42 Å². The summed E-state index contributed by atoms with van der Waals surface area (Å²) in [5.41, 5.74) is 16.9. The number of aromatic amines is 1. The molecular formula is C27H26N4O4. The molecule has 0 bridgehead atoms. The molecule has 1 aromatic heterocycles. The van der Waals surface area contributed by atoms with Gasteiger partial charge in [0.2, 0.25) is 12.7 Å². The van der Waals surface area contributed by atoms with Gasteiger partial charge in [-0.15, -0.1) is 0 Å². The smallest absolute Gasteiger partial charge is 0.248 e. The first kappa shape index (κ1) is 22.5.